The van der Waals surface area contributed by atoms with Crippen molar-refractivity contribution in [2.75, 3.05) is 38.2 Å². The number of rotatable bonds is 5. The Labute approximate surface area is 166 Å². The molecule has 1 heterocycles. The summed E-state index contributed by atoms with van der Waals surface area (Å²) in [6.45, 7) is 9.64. The number of anilines is 1. The van der Waals surface area contributed by atoms with Gasteiger partial charge in [-0.15, -0.1) is 11.8 Å². The van der Waals surface area contributed by atoms with E-state index in [4.69, 9.17) is 4.74 Å². The lowest BCUT2D eigenvalue weighted by atomic mass is 10.1. The number of benzene rings is 2. The lowest BCUT2D eigenvalue weighted by Gasteiger charge is -2.38. The Kier molecular flexibility index (Phi) is 6.32. The predicted molar refractivity (Wildman–Crippen MR) is 113 cm³/mol. The van der Waals surface area contributed by atoms with E-state index in [1.807, 2.05) is 36.1 Å². The molecule has 0 radical (unpaired) electrons. The van der Waals surface area contributed by atoms with Gasteiger partial charge in [0.25, 0.3) is 0 Å². The molecule has 144 valence electrons. The number of methoxy groups -OCH3 is 1. The van der Waals surface area contributed by atoms with E-state index in [1.165, 1.54) is 16.8 Å². The highest BCUT2D eigenvalue weighted by molar-refractivity contribution is 8.00. The fourth-order valence-electron chi connectivity index (χ4n) is 3.41. The zero-order valence-electron chi connectivity index (χ0n) is 16.6. The monoisotopic (exact) mass is 384 g/mol. The first-order valence-electron chi connectivity index (χ1n) is 9.40. The minimum Gasteiger partial charge on any atom is -0.497 e. The average Bonchev–Trinajstić information content (AvgIpc) is 2.70. The molecule has 1 saturated heterocycles. The van der Waals surface area contributed by atoms with Crippen LogP contribution in [0, 0.1) is 13.8 Å². The second-order valence-electron chi connectivity index (χ2n) is 6.97. The second-order valence-corrected chi connectivity index (χ2v) is 8.38. The number of piperazine rings is 1. The van der Waals surface area contributed by atoms with Gasteiger partial charge in [0.2, 0.25) is 5.91 Å². The molecule has 0 aliphatic carbocycles. The van der Waals surface area contributed by atoms with E-state index in [0.717, 1.165) is 36.8 Å². The largest absolute Gasteiger partial charge is 0.497 e. The van der Waals surface area contributed by atoms with Gasteiger partial charge in [0, 0.05) is 36.8 Å². The molecule has 1 aliphatic heterocycles. The van der Waals surface area contributed by atoms with Crippen LogP contribution in [0.4, 0.5) is 5.69 Å². The summed E-state index contributed by atoms with van der Waals surface area (Å²) in [6.07, 6.45) is 0. The molecule has 1 unspecified atom stereocenters. The maximum atomic E-state index is 12.9. The second kappa shape index (κ2) is 8.70. The highest BCUT2D eigenvalue weighted by atomic mass is 32.2. The van der Waals surface area contributed by atoms with Crippen molar-refractivity contribution in [1.29, 1.82) is 0 Å². The van der Waals surface area contributed by atoms with Crippen LogP contribution < -0.4 is 9.64 Å². The molecule has 0 bridgehead atoms. The molecule has 3 rings (SSSR count). The van der Waals surface area contributed by atoms with Crippen LogP contribution in [0.2, 0.25) is 0 Å². The van der Waals surface area contributed by atoms with Gasteiger partial charge in [0.15, 0.2) is 0 Å². The van der Waals surface area contributed by atoms with Gasteiger partial charge in [-0.25, -0.2) is 0 Å². The Balaban J connectivity index is 1.56. The van der Waals surface area contributed by atoms with E-state index in [1.54, 1.807) is 18.9 Å². The lowest BCUT2D eigenvalue weighted by Crippen LogP contribution is -2.50. The van der Waals surface area contributed by atoms with Crippen LogP contribution in [0.25, 0.3) is 0 Å². The summed E-state index contributed by atoms with van der Waals surface area (Å²) in [7, 11) is 1.66. The molecule has 0 N–H and O–H groups in total. The van der Waals surface area contributed by atoms with E-state index in [0.29, 0.717) is 0 Å². The number of ether oxygens (including phenoxy) is 1. The van der Waals surface area contributed by atoms with E-state index >= 15 is 0 Å². The Morgan fingerprint density at radius 1 is 1.04 bits per heavy atom. The summed E-state index contributed by atoms with van der Waals surface area (Å²) >= 11 is 1.61. The standard InChI is InChI=1S/C22H28N2O2S/c1-16-6-5-7-21(17(16)2)23-12-14-24(15-13-23)22(25)18(3)27-20-10-8-19(26-4)9-11-20/h5-11,18H,12-15H2,1-4H3. The summed E-state index contributed by atoms with van der Waals surface area (Å²) < 4.78 is 5.19. The Hall–Kier alpha value is -2.14. The van der Waals surface area contributed by atoms with Crippen LogP contribution >= 0.6 is 11.8 Å². The summed E-state index contributed by atoms with van der Waals surface area (Å²) in [5, 5.41) is -0.0920. The van der Waals surface area contributed by atoms with Crippen molar-refractivity contribution in [1.82, 2.24) is 4.90 Å². The van der Waals surface area contributed by atoms with Crippen LogP contribution in [-0.4, -0.2) is 49.3 Å². The number of aryl methyl sites for hydroxylation is 1. The van der Waals surface area contributed by atoms with E-state index < -0.39 is 0 Å². The average molecular weight is 385 g/mol. The van der Waals surface area contributed by atoms with Crippen molar-refractivity contribution in [3.8, 4) is 5.75 Å². The first kappa shape index (κ1) is 19.6. The molecule has 0 saturated carbocycles. The third-order valence-electron chi connectivity index (χ3n) is 5.23. The van der Waals surface area contributed by atoms with Crippen LogP contribution in [0.5, 0.6) is 5.75 Å². The molecule has 5 heteroatoms. The number of amides is 1. The fourth-order valence-corrected chi connectivity index (χ4v) is 4.36. The van der Waals surface area contributed by atoms with E-state index in [9.17, 15) is 4.79 Å². The zero-order chi connectivity index (χ0) is 19.4. The van der Waals surface area contributed by atoms with Crippen molar-refractivity contribution < 1.29 is 9.53 Å². The minimum absolute atomic E-state index is 0.0920. The molecule has 1 atom stereocenters. The zero-order valence-corrected chi connectivity index (χ0v) is 17.4. The molecule has 0 spiro atoms. The Morgan fingerprint density at radius 2 is 1.70 bits per heavy atom. The Bertz CT molecular complexity index is 783. The molecule has 1 aliphatic rings. The van der Waals surface area contributed by atoms with Crippen molar-refractivity contribution in [3.63, 3.8) is 0 Å². The molecule has 1 amide bonds. The summed E-state index contributed by atoms with van der Waals surface area (Å²) in [5.74, 6) is 1.05. The highest BCUT2D eigenvalue weighted by Crippen LogP contribution is 2.28. The number of thioether (sulfide) groups is 1. The molecular weight excluding hydrogens is 356 g/mol. The molecule has 0 aromatic heterocycles. The third kappa shape index (κ3) is 4.59. The maximum absolute atomic E-state index is 12.9. The molecular formula is C22H28N2O2S. The van der Waals surface area contributed by atoms with Crippen LogP contribution in [0.3, 0.4) is 0 Å². The van der Waals surface area contributed by atoms with Gasteiger partial charge in [0.1, 0.15) is 5.75 Å². The normalized spacial score (nSPS) is 15.6. The maximum Gasteiger partial charge on any atom is 0.235 e. The van der Waals surface area contributed by atoms with Gasteiger partial charge in [-0.1, -0.05) is 12.1 Å². The van der Waals surface area contributed by atoms with E-state index in [-0.39, 0.29) is 11.2 Å². The SMILES string of the molecule is COc1ccc(SC(C)C(=O)N2CCN(c3cccc(C)c3C)CC2)cc1. The highest BCUT2D eigenvalue weighted by Gasteiger charge is 2.26. The molecule has 2 aromatic carbocycles. The lowest BCUT2D eigenvalue weighted by molar-refractivity contribution is -0.130. The predicted octanol–water partition coefficient (Wildman–Crippen LogP) is 4.14. The Morgan fingerprint density at radius 3 is 2.33 bits per heavy atom. The smallest absolute Gasteiger partial charge is 0.235 e. The first-order valence-corrected chi connectivity index (χ1v) is 10.3. The number of nitrogens with zero attached hydrogens (tertiary/aromatic N) is 2. The summed E-state index contributed by atoms with van der Waals surface area (Å²) in [4.78, 5) is 18.3. The van der Waals surface area contributed by atoms with Crippen molar-refractivity contribution in [2.45, 2.75) is 30.9 Å². The summed E-state index contributed by atoms with van der Waals surface area (Å²) in [6, 6.07) is 14.3. The molecule has 27 heavy (non-hydrogen) atoms. The number of carbonyl (C=O) groups excluding carboxylic acids is 1. The number of hydrogen-bond acceptors (Lipinski definition) is 4. The topological polar surface area (TPSA) is 32.8 Å². The van der Waals surface area contributed by atoms with E-state index in [2.05, 4.69) is 36.9 Å². The first-order chi connectivity index (χ1) is 13.0. The fraction of sp³-hybridized carbons (Fsp3) is 0.409. The van der Waals surface area contributed by atoms with Gasteiger partial charge in [-0.2, -0.15) is 0 Å². The third-order valence-corrected chi connectivity index (χ3v) is 6.33. The minimum atomic E-state index is -0.0920. The van der Waals surface area contributed by atoms with Crippen molar-refractivity contribution >= 4 is 23.4 Å². The van der Waals surface area contributed by atoms with Crippen LogP contribution in [0.1, 0.15) is 18.1 Å². The van der Waals surface area contributed by atoms with Gasteiger partial charge in [-0.3, -0.25) is 4.79 Å². The number of carbonyl (C=O) groups is 1. The molecule has 2 aromatic rings. The number of hydrogen-bond donors (Lipinski definition) is 0. The molecule has 1 fully saturated rings. The van der Waals surface area contributed by atoms with Crippen LogP contribution in [-0.2, 0) is 4.79 Å². The molecule has 4 nitrogen and oxygen atoms in total. The van der Waals surface area contributed by atoms with Crippen LogP contribution in [0.15, 0.2) is 47.4 Å². The van der Waals surface area contributed by atoms with Gasteiger partial charge in [-0.05, 0) is 62.2 Å². The van der Waals surface area contributed by atoms with Crippen molar-refractivity contribution in [3.05, 3.63) is 53.6 Å². The van der Waals surface area contributed by atoms with Gasteiger partial charge < -0.3 is 14.5 Å². The summed E-state index contributed by atoms with van der Waals surface area (Å²) in [5.41, 5.74) is 3.94. The van der Waals surface area contributed by atoms with Gasteiger partial charge in [0.05, 0.1) is 12.4 Å². The van der Waals surface area contributed by atoms with Crippen molar-refractivity contribution in [2.24, 2.45) is 0 Å². The quantitative estimate of drug-likeness (QED) is 0.726. The van der Waals surface area contributed by atoms with Gasteiger partial charge >= 0.3 is 0 Å².